The molecule has 0 bridgehead atoms. The second kappa shape index (κ2) is 6.16. The fourth-order valence-corrected chi connectivity index (χ4v) is 3.09. The highest BCUT2D eigenvalue weighted by Gasteiger charge is 2.34. The average Bonchev–Trinajstić information content (AvgIpc) is 2.46. The number of hydrogen-bond donors (Lipinski definition) is 1. The van der Waals surface area contributed by atoms with Gasteiger partial charge in [0.1, 0.15) is 6.04 Å². The van der Waals surface area contributed by atoms with E-state index in [-0.39, 0.29) is 5.91 Å². The third kappa shape index (κ3) is 3.01. The van der Waals surface area contributed by atoms with Gasteiger partial charge < -0.3 is 10.0 Å². The zero-order valence-electron chi connectivity index (χ0n) is 12.8. The second-order valence-electron chi connectivity index (χ2n) is 5.63. The number of carbonyl (C=O) groups is 2. The summed E-state index contributed by atoms with van der Waals surface area (Å²) in [4.78, 5) is 26.9. The number of piperidine rings is 1. The molecule has 1 fully saturated rings. The van der Waals surface area contributed by atoms with Crippen molar-refractivity contribution >= 4 is 17.7 Å². The molecular formula is C16H22N2O3. The van der Waals surface area contributed by atoms with Gasteiger partial charge in [-0.3, -0.25) is 9.69 Å². The topological polar surface area (TPSA) is 60.9 Å². The Morgan fingerprint density at radius 3 is 2.43 bits per heavy atom. The number of hydrogen-bond acceptors (Lipinski definition) is 2. The van der Waals surface area contributed by atoms with Crippen LogP contribution in [0.5, 0.6) is 0 Å². The maximum absolute atomic E-state index is 12.7. The summed E-state index contributed by atoms with van der Waals surface area (Å²) in [6, 6.07) is 5.31. The van der Waals surface area contributed by atoms with Crippen LogP contribution in [0.15, 0.2) is 18.2 Å². The van der Waals surface area contributed by atoms with Crippen LogP contribution < -0.4 is 4.90 Å². The highest BCUT2D eigenvalue weighted by Crippen LogP contribution is 2.26. The molecule has 2 rings (SSSR count). The number of aryl methyl sites for hydroxylation is 2. The molecule has 0 saturated carbocycles. The second-order valence-corrected chi connectivity index (χ2v) is 5.63. The fraction of sp³-hybridized carbons (Fsp3) is 0.500. The number of likely N-dealkylation sites (N-methyl/N-ethyl adjacent to an activating group) is 1. The normalized spacial score (nSPS) is 18.4. The van der Waals surface area contributed by atoms with Crippen molar-refractivity contribution in [2.24, 2.45) is 0 Å². The zero-order chi connectivity index (χ0) is 15.6. The lowest BCUT2D eigenvalue weighted by molar-refractivity contribution is -0.124. The molecule has 0 aliphatic carbocycles. The van der Waals surface area contributed by atoms with Crippen molar-refractivity contribution in [2.45, 2.75) is 39.2 Å². The van der Waals surface area contributed by atoms with Crippen LogP contribution in [0, 0.1) is 13.8 Å². The molecule has 1 N–H and O–H groups in total. The molecule has 1 aromatic rings. The summed E-state index contributed by atoms with van der Waals surface area (Å²) in [5.74, 6) is -0.144. The first-order valence-electron chi connectivity index (χ1n) is 7.27. The van der Waals surface area contributed by atoms with Crippen molar-refractivity contribution in [3.05, 3.63) is 29.3 Å². The van der Waals surface area contributed by atoms with Gasteiger partial charge in [0.2, 0.25) is 5.91 Å². The van der Waals surface area contributed by atoms with Crippen LogP contribution in [-0.2, 0) is 4.79 Å². The number of anilines is 1. The third-order valence-electron chi connectivity index (χ3n) is 4.14. The molecule has 5 nitrogen and oxygen atoms in total. The van der Waals surface area contributed by atoms with Crippen molar-refractivity contribution in [2.75, 3.05) is 18.5 Å². The maximum Gasteiger partial charge on any atom is 0.407 e. The van der Waals surface area contributed by atoms with Gasteiger partial charge in [-0.25, -0.2) is 4.79 Å². The largest absolute Gasteiger partial charge is 0.465 e. The predicted molar refractivity (Wildman–Crippen MR) is 81.7 cm³/mol. The molecule has 1 saturated heterocycles. The number of carboxylic acid groups (broad SMARTS) is 1. The molecule has 1 heterocycles. The Labute approximate surface area is 125 Å². The number of para-hydroxylation sites is 1. The summed E-state index contributed by atoms with van der Waals surface area (Å²) in [5, 5.41) is 9.27. The summed E-state index contributed by atoms with van der Waals surface area (Å²) in [6.07, 6.45) is 1.30. The van der Waals surface area contributed by atoms with Gasteiger partial charge in [-0.1, -0.05) is 18.2 Å². The molecule has 1 unspecified atom stereocenters. The van der Waals surface area contributed by atoms with Crippen LogP contribution in [0.25, 0.3) is 0 Å². The van der Waals surface area contributed by atoms with E-state index in [0.717, 1.165) is 29.7 Å². The number of carbonyl (C=O) groups excluding carboxylic acids is 1. The summed E-state index contributed by atoms with van der Waals surface area (Å²) in [7, 11) is 1.73. The Balaban J connectivity index is 2.28. The maximum atomic E-state index is 12.7. The summed E-state index contributed by atoms with van der Waals surface area (Å²) < 4.78 is 0. The van der Waals surface area contributed by atoms with Crippen LogP contribution in [0.3, 0.4) is 0 Å². The first-order chi connectivity index (χ1) is 9.93. The first-order valence-corrected chi connectivity index (χ1v) is 7.27. The quantitative estimate of drug-likeness (QED) is 0.911. The highest BCUT2D eigenvalue weighted by molar-refractivity contribution is 5.99. The van der Waals surface area contributed by atoms with Crippen molar-refractivity contribution in [1.29, 1.82) is 0 Å². The van der Waals surface area contributed by atoms with E-state index in [1.54, 1.807) is 11.9 Å². The standard InChI is InChI=1S/C16H22N2O3/c1-11-7-6-8-12(2)14(11)17(3)15(19)13-9-4-5-10-18(13)16(20)21/h6-8,13H,4-5,9-10H2,1-3H3,(H,20,21). The molecule has 2 amide bonds. The van der Waals surface area contributed by atoms with Crippen molar-refractivity contribution in [3.63, 3.8) is 0 Å². The predicted octanol–water partition coefficient (Wildman–Crippen LogP) is 2.80. The van der Waals surface area contributed by atoms with Gasteiger partial charge in [0.05, 0.1) is 0 Å². The van der Waals surface area contributed by atoms with Crippen molar-refractivity contribution in [3.8, 4) is 0 Å². The van der Waals surface area contributed by atoms with Crippen LogP contribution in [0.1, 0.15) is 30.4 Å². The molecule has 1 atom stereocenters. The summed E-state index contributed by atoms with van der Waals surface area (Å²) in [5.41, 5.74) is 2.91. The number of likely N-dealkylation sites (tertiary alicyclic amines) is 1. The minimum Gasteiger partial charge on any atom is -0.465 e. The SMILES string of the molecule is Cc1cccc(C)c1N(C)C(=O)C1CCCCN1C(=O)O. The minimum absolute atomic E-state index is 0.144. The van der Waals surface area contributed by atoms with E-state index >= 15 is 0 Å². The average molecular weight is 290 g/mol. The lowest BCUT2D eigenvalue weighted by Crippen LogP contribution is -2.52. The van der Waals surface area contributed by atoms with E-state index in [4.69, 9.17) is 0 Å². The number of amides is 2. The Morgan fingerprint density at radius 1 is 1.24 bits per heavy atom. The van der Waals surface area contributed by atoms with Crippen molar-refractivity contribution < 1.29 is 14.7 Å². The molecule has 0 spiro atoms. The third-order valence-corrected chi connectivity index (χ3v) is 4.14. The van der Waals surface area contributed by atoms with Gasteiger partial charge in [-0.2, -0.15) is 0 Å². The lowest BCUT2D eigenvalue weighted by atomic mass is 10.0. The Kier molecular flexibility index (Phi) is 4.50. The highest BCUT2D eigenvalue weighted by atomic mass is 16.4. The molecule has 0 radical (unpaired) electrons. The van der Waals surface area contributed by atoms with Crippen LogP contribution in [0.4, 0.5) is 10.5 Å². The Hall–Kier alpha value is -2.04. The molecule has 1 aliphatic heterocycles. The molecule has 0 aromatic heterocycles. The van der Waals surface area contributed by atoms with E-state index in [9.17, 15) is 14.7 Å². The van der Waals surface area contributed by atoms with Crippen LogP contribution in [-0.4, -0.2) is 41.6 Å². The van der Waals surface area contributed by atoms with Gasteiger partial charge in [-0.05, 0) is 44.2 Å². The first kappa shape index (κ1) is 15.4. The molecule has 21 heavy (non-hydrogen) atoms. The number of benzene rings is 1. The summed E-state index contributed by atoms with van der Waals surface area (Å²) in [6.45, 7) is 4.36. The van der Waals surface area contributed by atoms with E-state index in [0.29, 0.717) is 13.0 Å². The van der Waals surface area contributed by atoms with E-state index in [1.165, 1.54) is 4.90 Å². The monoisotopic (exact) mass is 290 g/mol. The smallest absolute Gasteiger partial charge is 0.407 e. The minimum atomic E-state index is -1.01. The Bertz CT molecular complexity index is 536. The zero-order valence-corrected chi connectivity index (χ0v) is 12.8. The number of rotatable bonds is 2. The van der Waals surface area contributed by atoms with Gasteiger partial charge in [0.15, 0.2) is 0 Å². The molecule has 1 aromatic carbocycles. The number of nitrogens with zero attached hydrogens (tertiary/aromatic N) is 2. The van der Waals surface area contributed by atoms with Crippen molar-refractivity contribution in [1.82, 2.24) is 4.90 Å². The van der Waals surface area contributed by atoms with Gasteiger partial charge >= 0.3 is 6.09 Å². The van der Waals surface area contributed by atoms with Gasteiger partial charge in [0.25, 0.3) is 0 Å². The fourth-order valence-electron chi connectivity index (χ4n) is 3.09. The van der Waals surface area contributed by atoms with Crippen LogP contribution >= 0.6 is 0 Å². The lowest BCUT2D eigenvalue weighted by Gasteiger charge is -2.35. The van der Waals surface area contributed by atoms with E-state index in [1.807, 2.05) is 32.0 Å². The van der Waals surface area contributed by atoms with Gasteiger partial charge in [-0.15, -0.1) is 0 Å². The molecular weight excluding hydrogens is 268 g/mol. The molecule has 114 valence electrons. The summed E-state index contributed by atoms with van der Waals surface area (Å²) >= 11 is 0. The molecule has 1 aliphatic rings. The van der Waals surface area contributed by atoms with E-state index in [2.05, 4.69) is 0 Å². The molecule has 5 heteroatoms. The Morgan fingerprint density at radius 2 is 1.86 bits per heavy atom. The van der Waals surface area contributed by atoms with Gasteiger partial charge in [0, 0.05) is 19.3 Å². The van der Waals surface area contributed by atoms with Crippen LogP contribution in [0.2, 0.25) is 0 Å². The van der Waals surface area contributed by atoms with E-state index < -0.39 is 12.1 Å².